The maximum atomic E-state index is 13.8. The number of hydrogen-bond donors (Lipinski definition) is 0. The molecule has 28 heavy (non-hydrogen) atoms. The zero-order chi connectivity index (χ0) is 19.3. The molecule has 1 aliphatic heterocycles. The number of carbonyl (C=O) groups excluding carboxylic acids is 2. The number of methoxy groups -OCH3 is 1. The fraction of sp³-hybridized carbons (Fsp3) is 0.333. The van der Waals surface area contributed by atoms with Crippen molar-refractivity contribution in [2.75, 3.05) is 7.11 Å². The van der Waals surface area contributed by atoms with Gasteiger partial charge >= 0.3 is 5.97 Å². The smallest absolute Gasteiger partial charge is 0.322 e. The fourth-order valence-electron chi connectivity index (χ4n) is 5.63. The molecule has 0 spiro atoms. The van der Waals surface area contributed by atoms with E-state index in [-0.39, 0.29) is 23.8 Å². The van der Waals surface area contributed by atoms with Crippen molar-refractivity contribution in [3.8, 4) is 0 Å². The molecule has 0 unspecified atom stereocenters. The molecule has 4 nitrogen and oxygen atoms in total. The number of benzene rings is 2. The summed E-state index contributed by atoms with van der Waals surface area (Å²) in [6, 6.07) is 18.2. The van der Waals surface area contributed by atoms with Crippen LogP contribution in [0, 0.1) is 11.3 Å². The first-order valence-electron chi connectivity index (χ1n) is 9.84. The van der Waals surface area contributed by atoms with Gasteiger partial charge in [0.2, 0.25) is 5.91 Å². The van der Waals surface area contributed by atoms with E-state index >= 15 is 0 Å². The highest BCUT2D eigenvalue weighted by molar-refractivity contribution is 6.06. The highest BCUT2D eigenvalue weighted by atomic mass is 16.5. The Morgan fingerprint density at radius 3 is 2.68 bits per heavy atom. The van der Waals surface area contributed by atoms with Crippen LogP contribution in [0.2, 0.25) is 0 Å². The van der Waals surface area contributed by atoms with Gasteiger partial charge in [-0.3, -0.25) is 9.59 Å². The zero-order valence-electron chi connectivity index (χ0n) is 15.9. The van der Waals surface area contributed by atoms with Crippen LogP contribution in [0.3, 0.4) is 0 Å². The highest BCUT2D eigenvalue weighted by Crippen LogP contribution is 2.58. The first-order valence-corrected chi connectivity index (χ1v) is 9.84. The second-order valence-electron chi connectivity index (χ2n) is 8.04. The van der Waals surface area contributed by atoms with Crippen molar-refractivity contribution in [2.45, 2.75) is 31.3 Å². The van der Waals surface area contributed by atoms with Crippen LogP contribution in [0.5, 0.6) is 0 Å². The Bertz CT molecular complexity index is 967. The lowest BCUT2D eigenvalue weighted by Crippen LogP contribution is -2.50. The van der Waals surface area contributed by atoms with Gasteiger partial charge < -0.3 is 9.64 Å². The lowest BCUT2D eigenvalue weighted by molar-refractivity contribution is -0.162. The Hall–Kier alpha value is -2.88. The molecule has 0 N–H and O–H groups in total. The van der Waals surface area contributed by atoms with Gasteiger partial charge in [-0.25, -0.2) is 0 Å². The van der Waals surface area contributed by atoms with Gasteiger partial charge in [0.15, 0.2) is 5.41 Å². The summed E-state index contributed by atoms with van der Waals surface area (Å²) in [6.45, 7) is 0.524. The molecule has 2 aliphatic carbocycles. The molecular weight excluding hydrogens is 350 g/mol. The van der Waals surface area contributed by atoms with Crippen LogP contribution in [0.1, 0.15) is 29.0 Å². The van der Waals surface area contributed by atoms with Gasteiger partial charge in [-0.2, -0.15) is 0 Å². The zero-order valence-corrected chi connectivity index (χ0v) is 15.9. The van der Waals surface area contributed by atoms with Crippen LogP contribution in [-0.4, -0.2) is 29.9 Å². The molecule has 142 valence electrons. The molecule has 0 radical (unpaired) electrons. The summed E-state index contributed by atoms with van der Waals surface area (Å²) in [4.78, 5) is 28.9. The maximum Gasteiger partial charge on any atom is 0.322 e. The van der Waals surface area contributed by atoms with E-state index in [1.54, 1.807) is 0 Å². The molecular formula is C24H23NO3. The molecule has 1 fully saturated rings. The number of rotatable bonds is 3. The van der Waals surface area contributed by atoms with E-state index in [2.05, 4.69) is 18.2 Å². The quantitative estimate of drug-likeness (QED) is 0.470. The van der Waals surface area contributed by atoms with Gasteiger partial charge in [-0.1, -0.05) is 66.7 Å². The minimum absolute atomic E-state index is 0.00941. The highest BCUT2D eigenvalue weighted by Gasteiger charge is 2.67. The van der Waals surface area contributed by atoms with Gasteiger partial charge in [0.1, 0.15) is 0 Å². The van der Waals surface area contributed by atoms with E-state index in [1.165, 1.54) is 12.7 Å². The van der Waals surface area contributed by atoms with Crippen molar-refractivity contribution < 1.29 is 14.3 Å². The summed E-state index contributed by atoms with van der Waals surface area (Å²) < 4.78 is 5.23. The summed E-state index contributed by atoms with van der Waals surface area (Å²) in [5.74, 6) is -0.497. The Kier molecular flexibility index (Phi) is 3.90. The first-order chi connectivity index (χ1) is 13.7. The number of ether oxygens (including phenoxy) is 1. The van der Waals surface area contributed by atoms with Crippen LogP contribution in [0.4, 0.5) is 0 Å². The summed E-state index contributed by atoms with van der Waals surface area (Å²) in [7, 11) is 1.40. The molecule has 0 saturated carbocycles. The van der Waals surface area contributed by atoms with E-state index in [0.29, 0.717) is 13.0 Å². The third-order valence-corrected chi connectivity index (χ3v) is 6.76. The van der Waals surface area contributed by atoms with E-state index < -0.39 is 11.4 Å². The lowest BCUT2D eigenvalue weighted by atomic mass is 9.57. The van der Waals surface area contributed by atoms with Crippen molar-refractivity contribution in [2.24, 2.45) is 11.3 Å². The van der Waals surface area contributed by atoms with E-state index in [4.69, 9.17) is 4.74 Å². The molecule has 2 aromatic carbocycles. The Labute approximate surface area is 164 Å². The standard InChI is InChI=1S/C24H23NO3/c1-28-23(27)24-14-17-10-5-6-11-18(17)19-12-7-13-20(21(19)24)25(22(24)26)15-16-8-3-2-4-9-16/h2-12,19-21H,13-15H2,1H3/t19-,20-,21+,24-/m1/s1. The maximum absolute atomic E-state index is 13.8. The van der Waals surface area contributed by atoms with Gasteiger partial charge in [-0.05, 0) is 29.5 Å². The summed E-state index contributed by atoms with van der Waals surface area (Å²) >= 11 is 0. The first kappa shape index (κ1) is 17.2. The van der Waals surface area contributed by atoms with Gasteiger partial charge in [0.25, 0.3) is 0 Å². The topological polar surface area (TPSA) is 46.6 Å². The van der Waals surface area contributed by atoms with Crippen molar-refractivity contribution in [1.29, 1.82) is 0 Å². The van der Waals surface area contributed by atoms with Crippen LogP contribution in [-0.2, 0) is 27.3 Å². The number of allylic oxidation sites excluding steroid dienone is 1. The number of carbonyl (C=O) groups is 2. The SMILES string of the molecule is COC(=O)[C@]12Cc3ccccc3[C@H]3C=CC[C@H]([C@H]31)N(Cc1ccccc1)C2=O. The molecule has 1 saturated heterocycles. The molecule has 2 aromatic rings. The van der Waals surface area contributed by atoms with Gasteiger partial charge in [-0.15, -0.1) is 0 Å². The molecule has 3 aliphatic rings. The molecule has 0 bridgehead atoms. The van der Waals surface area contributed by atoms with E-state index in [9.17, 15) is 9.59 Å². The van der Waals surface area contributed by atoms with Crippen molar-refractivity contribution >= 4 is 11.9 Å². The second kappa shape index (κ2) is 6.33. The third kappa shape index (κ3) is 2.24. The third-order valence-electron chi connectivity index (χ3n) is 6.76. The van der Waals surface area contributed by atoms with Crippen LogP contribution < -0.4 is 0 Å². The van der Waals surface area contributed by atoms with Crippen LogP contribution in [0.25, 0.3) is 0 Å². The van der Waals surface area contributed by atoms with Gasteiger partial charge in [0, 0.05) is 24.4 Å². The average Bonchev–Trinajstić information content (AvgIpc) is 2.98. The number of likely N-dealkylation sites (tertiary alicyclic amines) is 1. The summed E-state index contributed by atoms with van der Waals surface area (Å²) in [6.07, 6.45) is 5.56. The largest absolute Gasteiger partial charge is 0.468 e. The summed E-state index contributed by atoms with van der Waals surface area (Å²) in [5.41, 5.74) is 2.27. The predicted octanol–water partition coefficient (Wildman–Crippen LogP) is 3.47. The Balaban J connectivity index is 1.66. The van der Waals surface area contributed by atoms with E-state index in [1.807, 2.05) is 53.4 Å². The van der Waals surface area contributed by atoms with Crippen molar-refractivity contribution in [3.63, 3.8) is 0 Å². The lowest BCUT2D eigenvalue weighted by Gasteiger charge is -2.43. The molecule has 1 amide bonds. The number of hydrogen-bond acceptors (Lipinski definition) is 3. The molecule has 5 rings (SSSR count). The summed E-state index contributed by atoms with van der Waals surface area (Å²) in [5, 5.41) is 0. The number of esters is 1. The minimum Gasteiger partial charge on any atom is -0.468 e. The van der Waals surface area contributed by atoms with Crippen molar-refractivity contribution in [3.05, 3.63) is 83.4 Å². The van der Waals surface area contributed by atoms with Crippen LogP contribution >= 0.6 is 0 Å². The number of nitrogens with zero attached hydrogens (tertiary/aromatic N) is 1. The van der Waals surface area contributed by atoms with E-state index in [0.717, 1.165) is 17.5 Å². The molecule has 1 heterocycles. The predicted molar refractivity (Wildman–Crippen MR) is 105 cm³/mol. The second-order valence-corrected chi connectivity index (χ2v) is 8.04. The van der Waals surface area contributed by atoms with Gasteiger partial charge in [0.05, 0.1) is 7.11 Å². The Morgan fingerprint density at radius 1 is 1.14 bits per heavy atom. The molecule has 0 aromatic heterocycles. The minimum atomic E-state index is -1.13. The Morgan fingerprint density at radius 2 is 1.89 bits per heavy atom. The number of amides is 1. The fourth-order valence-corrected chi connectivity index (χ4v) is 5.63. The van der Waals surface area contributed by atoms with Crippen LogP contribution in [0.15, 0.2) is 66.7 Å². The average molecular weight is 373 g/mol. The van der Waals surface area contributed by atoms with Crippen molar-refractivity contribution in [1.82, 2.24) is 4.90 Å². The number of fused-ring (bicyclic) bond motifs is 2. The normalized spacial score (nSPS) is 30.0. The molecule has 4 heteroatoms. The molecule has 4 atom stereocenters. The monoisotopic (exact) mass is 373 g/mol.